The molecule has 0 aliphatic carbocycles. The van der Waals surface area contributed by atoms with E-state index in [0.29, 0.717) is 5.92 Å². The number of ether oxygens (including phenoxy) is 1. The summed E-state index contributed by atoms with van der Waals surface area (Å²) in [6.45, 7) is 3.98. The molecular weight excluding hydrogens is 316 g/mol. The number of methoxy groups -OCH3 is 1. The highest BCUT2D eigenvalue weighted by Gasteiger charge is 2.25. The molecule has 0 amide bonds. The number of aliphatic carboxylic acids is 1. The Morgan fingerprint density at radius 1 is 1.28 bits per heavy atom. The molecule has 2 heterocycles. The van der Waals surface area contributed by atoms with Crippen molar-refractivity contribution in [2.75, 3.05) is 25.1 Å². The Hall–Kier alpha value is -2.56. The molecule has 2 aromatic rings. The molecule has 1 saturated heterocycles. The number of benzene rings is 1. The summed E-state index contributed by atoms with van der Waals surface area (Å²) >= 11 is 0. The van der Waals surface area contributed by atoms with Crippen molar-refractivity contribution >= 4 is 11.7 Å². The van der Waals surface area contributed by atoms with E-state index in [1.807, 2.05) is 31.3 Å². The van der Waals surface area contributed by atoms with Crippen LogP contribution in [0.2, 0.25) is 0 Å². The number of pyridine rings is 1. The van der Waals surface area contributed by atoms with Gasteiger partial charge in [-0.15, -0.1) is 0 Å². The van der Waals surface area contributed by atoms with Gasteiger partial charge in [0.15, 0.2) is 5.75 Å². The molecule has 0 saturated carbocycles. The van der Waals surface area contributed by atoms with Gasteiger partial charge in [-0.1, -0.05) is 24.3 Å². The van der Waals surface area contributed by atoms with Crippen LogP contribution in [0.1, 0.15) is 23.2 Å². The van der Waals surface area contributed by atoms with E-state index < -0.39 is 5.97 Å². The zero-order valence-electron chi connectivity index (χ0n) is 14.7. The van der Waals surface area contributed by atoms with Crippen LogP contribution >= 0.6 is 0 Å². The Balaban J connectivity index is 1.64. The molecule has 1 N–H and O–H groups in total. The second-order valence-corrected chi connectivity index (χ2v) is 6.64. The Labute approximate surface area is 148 Å². The monoisotopic (exact) mass is 340 g/mol. The molecule has 1 unspecified atom stereocenters. The number of hydrogen-bond acceptors (Lipinski definition) is 4. The average molecular weight is 340 g/mol. The van der Waals surface area contributed by atoms with E-state index in [-0.39, 0.29) is 6.42 Å². The summed E-state index contributed by atoms with van der Waals surface area (Å²) in [5.41, 5.74) is 4.15. The van der Waals surface area contributed by atoms with E-state index in [2.05, 4.69) is 22.0 Å². The number of carboxylic acid groups (broad SMARTS) is 1. The molecule has 132 valence electrons. The van der Waals surface area contributed by atoms with Crippen LogP contribution in [0.3, 0.4) is 0 Å². The van der Waals surface area contributed by atoms with Gasteiger partial charge in [0.2, 0.25) is 0 Å². The Bertz CT molecular complexity index is 743. The largest absolute Gasteiger partial charge is 0.493 e. The maximum Gasteiger partial charge on any atom is 0.307 e. The predicted octanol–water partition coefficient (Wildman–Crippen LogP) is 3.09. The molecular formula is C20H24N2O3. The molecule has 1 aliphatic heterocycles. The van der Waals surface area contributed by atoms with Gasteiger partial charge in [0, 0.05) is 19.3 Å². The van der Waals surface area contributed by atoms with Gasteiger partial charge >= 0.3 is 5.97 Å². The lowest BCUT2D eigenvalue weighted by molar-refractivity contribution is -0.136. The van der Waals surface area contributed by atoms with E-state index >= 15 is 0 Å². The maximum absolute atomic E-state index is 10.8. The van der Waals surface area contributed by atoms with E-state index in [4.69, 9.17) is 9.84 Å². The summed E-state index contributed by atoms with van der Waals surface area (Å²) in [4.78, 5) is 17.4. The maximum atomic E-state index is 10.8. The van der Waals surface area contributed by atoms with Crippen molar-refractivity contribution in [3.8, 4) is 5.75 Å². The highest BCUT2D eigenvalue weighted by molar-refractivity contribution is 5.70. The van der Waals surface area contributed by atoms with E-state index in [9.17, 15) is 4.79 Å². The number of aryl methyl sites for hydroxylation is 1. The SMILES string of the molecule is COc1c(N2CCC(Cc3ccc(CC(=O)O)cc3)C2)ccnc1C. The molecule has 5 nitrogen and oxygen atoms in total. The highest BCUT2D eigenvalue weighted by atomic mass is 16.5. The predicted molar refractivity (Wildman–Crippen MR) is 97.3 cm³/mol. The van der Waals surface area contributed by atoms with Crippen LogP contribution < -0.4 is 9.64 Å². The minimum Gasteiger partial charge on any atom is -0.493 e. The van der Waals surface area contributed by atoms with Crippen LogP contribution in [0.25, 0.3) is 0 Å². The van der Waals surface area contributed by atoms with Crippen LogP contribution in [-0.2, 0) is 17.6 Å². The fraction of sp³-hybridized carbons (Fsp3) is 0.400. The van der Waals surface area contributed by atoms with Crippen LogP contribution in [0.4, 0.5) is 5.69 Å². The normalized spacial score (nSPS) is 16.9. The lowest BCUT2D eigenvalue weighted by Gasteiger charge is -2.22. The molecule has 5 heteroatoms. The summed E-state index contributed by atoms with van der Waals surface area (Å²) in [6.07, 6.45) is 4.07. The van der Waals surface area contributed by atoms with E-state index in [1.54, 1.807) is 7.11 Å². The third-order valence-electron chi connectivity index (χ3n) is 4.80. The second-order valence-electron chi connectivity index (χ2n) is 6.64. The number of aromatic nitrogens is 1. The molecule has 1 fully saturated rings. The lowest BCUT2D eigenvalue weighted by atomic mass is 9.97. The first kappa shape index (κ1) is 17.3. The smallest absolute Gasteiger partial charge is 0.307 e. The Morgan fingerprint density at radius 2 is 2.00 bits per heavy atom. The Morgan fingerprint density at radius 3 is 2.68 bits per heavy atom. The fourth-order valence-electron chi connectivity index (χ4n) is 3.56. The molecule has 1 atom stereocenters. The van der Waals surface area contributed by atoms with Crippen molar-refractivity contribution in [3.63, 3.8) is 0 Å². The molecule has 25 heavy (non-hydrogen) atoms. The Kier molecular flexibility index (Phi) is 5.22. The van der Waals surface area contributed by atoms with E-state index in [0.717, 1.165) is 48.6 Å². The first-order chi connectivity index (χ1) is 12.1. The summed E-state index contributed by atoms with van der Waals surface area (Å²) in [5.74, 6) is 0.658. The summed E-state index contributed by atoms with van der Waals surface area (Å²) in [6, 6.07) is 9.97. The topological polar surface area (TPSA) is 62.7 Å². The zero-order valence-corrected chi connectivity index (χ0v) is 14.7. The summed E-state index contributed by atoms with van der Waals surface area (Å²) in [5, 5.41) is 8.85. The van der Waals surface area contributed by atoms with Gasteiger partial charge in [0.25, 0.3) is 0 Å². The van der Waals surface area contributed by atoms with Crippen LogP contribution in [0, 0.1) is 12.8 Å². The molecule has 0 bridgehead atoms. The molecule has 0 radical (unpaired) electrons. The third kappa shape index (κ3) is 4.10. The first-order valence-electron chi connectivity index (χ1n) is 8.61. The van der Waals surface area contributed by atoms with Gasteiger partial charge in [-0.05, 0) is 42.9 Å². The van der Waals surface area contributed by atoms with Crippen molar-refractivity contribution in [2.45, 2.75) is 26.2 Å². The number of carbonyl (C=O) groups is 1. The summed E-state index contributed by atoms with van der Waals surface area (Å²) < 4.78 is 5.53. The van der Waals surface area contributed by atoms with Crippen molar-refractivity contribution in [3.05, 3.63) is 53.3 Å². The van der Waals surface area contributed by atoms with Crippen molar-refractivity contribution < 1.29 is 14.6 Å². The van der Waals surface area contributed by atoms with Crippen molar-refractivity contribution in [2.24, 2.45) is 5.92 Å². The quantitative estimate of drug-likeness (QED) is 0.875. The van der Waals surface area contributed by atoms with Crippen molar-refractivity contribution in [1.29, 1.82) is 0 Å². The molecule has 3 rings (SSSR count). The number of rotatable bonds is 6. The zero-order chi connectivity index (χ0) is 17.8. The second kappa shape index (κ2) is 7.55. The third-order valence-corrected chi connectivity index (χ3v) is 4.80. The van der Waals surface area contributed by atoms with Crippen molar-refractivity contribution in [1.82, 2.24) is 4.98 Å². The highest BCUT2D eigenvalue weighted by Crippen LogP contribution is 2.34. The van der Waals surface area contributed by atoms with Crippen LogP contribution in [-0.4, -0.2) is 36.3 Å². The first-order valence-corrected chi connectivity index (χ1v) is 8.61. The molecule has 1 aliphatic rings. The minimum atomic E-state index is -0.791. The van der Waals surface area contributed by atoms with Crippen LogP contribution in [0.5, 0.6) is 5.75 Å². The van der Waals surface area contributed by atoms with Crippen LogP contribution in [0.15, 0.2) is 36.5 Å². The van der Waals surface area contributed by atoms with E-state index in [1.165, 1.54) is 5.56 Å². The minimum absolute atomic E-state index is 0.0820. The summed E-state index contributed by atoms with van der Waals surface area (Å²) in [7, 11) is 1.69. The number of carboxylic acids is 1. The lowest BCUT2D eigenvalue weighted by Crippen LogP contribution is -2.21. The number of hydrogen-bond donors (Lipinski definition) is 1. The standard InChI is InChI=1S/C20H24N2O3/c1-14-20(25-2)18(7-9-21-14)22-10-8-17(13-22)11-15-3-5-16(6-4-15)12-19(23)24/h3-7,9,17H,8,10-13H2,1-2H3,(H,23,24). The van der Waals surface area contributed by atoms with Gasteiger partial charge in [0.1, 0.15) is 0 Å². The van der Waals surface area contributed by atoms with Gasteiger partial charge in [0.05, 0.1) is 24.9 Å². The molecule has 1 aromatic carbocycles. The van der Waals surface area contributed by atoms with Gasteiger partial charge in [-0.25, -0.2) is 0 Å². The van der Waals surface area contributed by atoms with Gasteiger partial charge < -0.3 is 14.7 Å². The molecule has 1 aromatic heterocycles. The number of nitrogens with zero attached hydrogens (tertiary/aromatic N) is 2. The average Bonchev–Trinajstić information content (AvgIpc) is 3.04. The molecule has 0 spiro atoms. The van der Waals surface area contributed by atoms with Gasteiger partial charge in [-0.3, -0.25) is 9.78 Å². The van der Waals surface area contributed by atoms with Gasteiger partial charge in [-0.2, -0.15) is 0 Å². The fourth-order valence-corrected chi connectivity index (χ4v) is 3.56. The number of anilines is 1.